The molecule has 4 heteroatoms. The minimum Gasteiger partial charge on any atom is -0.385 e. The van der Waals surface area contributed by atoms with Crippen LogP contribution in [0.2, 0.25) is 0 Å². The monoisotopic (exact) mass is 292 g/mol. The molecule has 0 saturated heterocycles. The molecule has 110 valence electrons. The zero-order chi connectivity index (χ0) is 14.5. The van der Waals surface area contributed by atoms with E-state index in [0.717, 1.165) is 36.2 Å². The van der Waals surface area contributed by atoms with Crippen molar-refractivity contribution < 1.29 is 4.79 Å². The number of thioether (sulfide) groups is 1. The van der Waals surface area contributed by atoms with Gasteiger partial charge in [-0.3, -0.25) is 4.79 Å². The van der Waals surface area contributed by atoms with Crippen LogP contribution < -0.4 is 10.6 Å². The largest absolute Gasteiger partial charge is 0.385 e. The van der Waals surface area contributed by atoms with E-state index < -0.39 is 0 Å². The van der Waals surface area contributed by atoms with Crippen LogP contribution in [-0.2, 0) is 0 Å². The van der Waals surface area contributed by atoms with E-state index in [9.17, 15) is 4.79 Å². The summed E-state index contributed by atoms with van der Waals surface area (Å²) < 4.78 is 0. The highest BCUT2D eigenvalue weighted by molar-refractivity contribution is 7.99. The Hall–Kier alpha value is -1.16. The Morgan fingerprint density at radius 2 is 2.20 bits per heavy atom. The van der Waals surface area contributed by atoms with Crippen molar-refractivity contribution in [2.24, 2.45) is 0 Å². The molecular weight excluding hydrogens is 268 g/mol. The summed E-state index contributed by atoms with van der Waals surface area (Å²) in [7, 11) is 0. The summed E-state index contributed by atoms with van der Waals surface area (Å²) in [6.07, 6.45) is 5.55. The van der Waals surface area contributed by atoms with E-state index in [4.69, 9.17) is 0 Å². The number of benzene rings is 1. The van der Waals surface area contributed by atoms with Crippen LogP contribution in [0.5, 0.6) is 0 Å². The molecule has 0 heterocycles. The fraction of sp³-hybridized carbons (Fsp3) is 0.562. The molecule has 0 aromatic heterocycles. The first-order valence-electron chi connectivity index (χ1n) is 7.32. The summed E-state index contributed by atoms with van der Waals surface area (Å²) in [5, 5.41) is 7.16. The van der Waals surface area contributed by atoms with Gasteiger partial charge in [-0.25, -0.2) is 0 Å². The van der Waals surface area contributed by atoms with Gasteiger partial charge in [-0.05, 0) is 51.5 Å². The molecule has 1 aromatic carbocycles. The number of nitrogens with one attached hydrogen (secondary N) is 2. The number of rotatable bonds is 5. The van der Waals surface area contributed by atoms with E-state index in [1.165, 1.54) is 6.42 Å². The molecule has 1 amide bonds. The minimum atomic E-state index is 0.0522. The van der Waals surface area contributed by atoms with Crippen LogP contribution in [0.4, 0.5) is 5.69 Å². The summed E-state index contributed by atoms with van der Waals surface area (Å²) in [5.74, 6) is 0.0522. The normalized spacial score (nSPS) is 21.8. The average Bonchev–Trinajstić information content (AvgIpc) is 2.88. The maximum atomic E-state index is 12.5. The third kappa shape index (κ3) is 3.69. The predicted molar refractivity (Wildman–Crippen MR) is 87.8 cm³/mol. The van der Waals surface area contributed by atoms with Crippen molar-refractivity contribution in [2.45, 2.75) is 44.4 Å². The van der Waals surface area contributed by atoms with Crippen molar-refractivity contribution in [3.63, 3.8) is 0 Å². The molecule has 1 aliphatic carbocycles. The maximum absolute atomic E-state index is 12.5. The maximum Gasteiger partial charge on any atom is 0.253 e. The minimum absolute atomic E-state index is 0.0522. The van der Waals surface area contributed by atoms with Crippen LogP contribution in [0.15, 0.2) is 18.2 Å². The topological polar surface area (TPSA) is 41.1 Å². The van der Waals surface area contributed by atoms with Gasteiger partial charge in [-0.1, -0.05) is 11.6 Å². The molecule has 1 aromatic rings. The molecule has 2 rings (SSSR count). The van der Waals surface area contributed by atoms with Gasteiger partial charge >= 0.3 is 0 Å². The van der Waals surface area contributed by atoms with E-state index in [1.807, 2.05) is 43.8 Å². The second-order valence-corrected chi connectivity index (χ2v) is 6.56. The van der Waals surface area contributed by atoms with Gasteiger partial charge in [0.15, 0.2) is 0 Å². The van der Waals surface area contributed by atoms with Crippen LogP contribution in [0.3, 0.4) is 0 Å². The Kier molecular flexibility index (Phi) is 5.35. The van der Waals surface area contributed by atoms with E-state index in [2.05, 4.69) is 16.9 Å². The number of carbonyl (C=O) groups excluding carboxylic acids is 1. The molecule has 0 radical (unpaired) electrons. The Bertz CT molecular complexity index is 476. The molecule has 0 spiro atoms. The molecule has 1 aliphatic rings. The molecule has 2 atom stereocenters. The highest BCUT2D eigenvalue weighted by Gasteiger charge is 2.26. The lowest BCUT2D eigenvalue weighted by molar-refractivity contribution is 0.0938. The molecule has 2 unspecified atom stereocenters. The third-order valence-electron chi connectivity index (χ3n) is 3.84. The quantitative estimate of drug-likeness (QED) is 0.873. The van der Waals surface area contributed by atoms with Crippen LogP contribution >= 0.6 is 11.8 Å². The second-order valence-electron chi connectivity index (χ2n) is 5.42. The smallest absolute Gasteiger partial charge is 0.253 e. The van der Waals surface area contributed by atoms with Gasteiger partial charge in [-0.15, -0.1) is 0 Å². The molecule has 2 N–H and O–H groups in total. The van der Waals surface area contributed by atoms with Gasteiger partial charge in [0, 0.05) is 23.5 Å². The lowest BCUT2D eigenvalue weighted by Crippen LogP contribution is -2.33. The Morgan fingerprint density at radius 1 is 1.40 bits per heavy atom. The number of amides is 1. The van der Waals surface area contributed by atoms with E-state index >= 15 is 0 Å². The third-order valence-corrected chi connectivity index (χ3v) is 4.93. The van der Waals surface area contributed by atoms with Gasteiger partial charge < -0.3 is 10.6 Å². The van der Waals surface area contributed by atoms with E-state index in [1.54, 1.807) is 0 Å². The second kappa shape index (κ2) is 7.02. The van der Waals surface area contributed by atoms with Crippen molar-refractivity contribution >= 4 is 23.4 Å². The number of hydrogen-bond donors (Lipinski definition) is 2. The predicted octanol–water partition coefficient (Wildman–Crippen LogP) is 3.44. The van der Waals surface area contributed by atoms with Crippen molar-refractivity contribution in [1.82, 2.24) is 5.32 Å². The fourth-order valence-electron chi connectivity index (χ4n) is 2.74. The highest BCUT2D eigenvalue weighted by Crippen LogP contribution is 2.28. The zero-order valence-electron chi connectivity index (χ0n) is 12.5. The van der Waals surface area contributed by atoms with Crippen LogP contribution in [0, 0.1) is 6.92 Å². The van der Waals surface area contributed by atoms with E-state index in [0.29, 0.717) is 11.3 Å². The van der Waals surface area contributed by atoms with Gasteiger partial charge in [0.2, 0.25) is 0 Å². The highest BCUT2D eigenvalue weighted by atomic mass is 32.2. The zero-order valence-corrected chi connectivity index (χ0v) is 13.3. The molecular formula is C16H24N2OS. The molecule has 0 bridgehead atoms. The number of anilines is 1. The van der Waals surface area contributed by atoms with Gasteiger partial charge in [-0.2, -0.15) is 11.8 Å². The summed E-state index contributed by atoms with van der Waals surface area (Å²) in [4.78, 5) is 12.5. The van der Waals surface area contributed by atoms with Crippen LogP contribution in [0.25, 0.3) is 0 Å². The number of aryl methyl sites for hydroxylation is 1. The van der Waals surface area contributed by atoms with Gasteiger partial charge in [0.05, 0.1) is 5.56 Å². The van der Waals surface area contributed by atoms with Gasteiger partial charge in [0.25, 0.3) is 5.91 Å². The Labute approximate surface area is 125 Å². The van der Waals surface area contributed by atoms with Crippen molar-refractivity contribution in [1.29, 1.82) is 0 Å². The fourth-order valence-corrected chi connectivity index (χ4v) is 3.54. The molecule has 1 fully saturated rings. The molecule has 0 aliphatic heterocycles. The molecule has 1 saturated carbocycles. The SMILES string of the molecule is CCNc1ccc(C)cc1C(=O)NC1CCC(SC)C1. The standard InChI is InChI=1S/C16H24N2OS/c1-4-17-15-8-5-11(2)9-14(15)16(19)18-12-6-7-13(10-12)20-3/h5,8-9,12-13,17H,4,6-7,10H2,1-3H3,(H,18,19). The first-order chi connectivity index (χ1) is 9.63. The first-order valence-corrected chi connectivity index (χ1v) is 8.61. The number of hydrogen-bond acceptors (Lipinski definition) is 3. The van der Waals surface area contributed by atoms with Crippen molar-refractivity contribution in [3.8, 4) is 0 Å². The molecule has 3 nitrogen and oxygen atoms in total. The lowest BCUT2D eigenvalue weighted by atomic mass is 10.1. The summed E-state index contributed by atoms with van der Waals surface area (Å²) in [6.45, 7) is 4.88. The van der Waals surface area contributed by atoms with Crippen LogP contribution in [-0.4, -0.2) is 30.0 Å². The van der Waals surface area contributed by atoms with Crippen molar-refractivity contribution in [3.05, 3.63) is 29.3 Å². The summed E-state index contributed by atoms with van der Waals surface area (Å²) in [5.41, 5.74) is 2.81. The first kappa shape index (κ1) is 15.2. The number of carbonyl (C=O) groups is 1. The Balaban J connectivity index is 2.07. The summed E-state index contributed by atoms with van der Waals surface area (Å²) >= 11 is 1.91. The van der Waals surface area contributed by atoms with Crippen LogP contribution in [0.1, 0.15) is 42.1 Å². The average molecular weight is 292 g/mol. The summed E-state index contributed by atoms with van der Waals surface area (Å²) in [6, 6.07) is 6.32. The van der Waals surface area contributed by atoms with Crippen molar-refractivity contribution in [2.75, 3.05) is 18.1 Å². The van der Waals surface area contributed by atoms with Gasteiger partial charge in [0.1, 0.15) is 0 Å². The molecule has 20 heavy (non-hydrogen) atoms. The van der Waals surface area contributed by atoms with E-state index in [-0.39, 0.29) is 5.91 Å². The lowest BCUT2D eigenvalue weighted by Gasteiger charge is -2.16. The Morgan fingerprint density at radius 3 is 2.85 bits per heavy atom.